The zero-order chi connectivity index (χ0) is 24.7. The van der Waals surface area contributed by atoms with Gasteiger partial charge in [-0.15, -0.1) is 0 Å². The van der Waals surface area contributed by atoms with Crippen LogP contribution in [0, 0.1) is 6.92 Å². The maximum atomic E-state index is 12.4. The van der Waals surface area contributed by atoms with Crippen molar-refractivity contribution in [2.45, 2.75) is 49.9 Å². The Morgan fingerprint density at radius 2 is 1.79 bits per heavy atom. The molecule has 1 fully saturated rings. The summed E-state index contributed by atoms with van der Waals surface area (Å²) in [6, 6.07) is 18.2. The van der Waals surface area contributed by atoms with Gasteiger partial charge in [0.1, 0.15) is 0 Å². The Morgan fingerprint density at radius 3 is 2.32 bits per heavy atom. The van der Waals surface area contributed by atoms with E-state index < -0.39 is 27.5 Å². The Bertz CT molecular complexity index is 1290. The van der Waals surface area contributed by atoms with Crippen LogP contribution in [0.5, 0.6) is 0 Å². The predicted molar refractivity (Wildman–Crippen MR) is 129 cm³/mol. The number of hydrogen-bond donors (Lipinski definition) is 1. The Labute approximate surface area is 199 Å². The molecule has 4 rings (SSSR count). The van der Waals surface area contributed by atoms with Gasteiger partial charge in [0, 0.05) is 17.6 Å². The number of aromatic nitrogens is 1. The summed E-state index contributed by atoms with van der Waals surface area (Å²) in [7, 11) is -3.32. The van der Waals surface area contributed by atoms with Gasteiger partial charge < -0.3 is 19.1 Å². The number of sulfone groups is 1. The Morgan fingerprint density at radius 1 is 1.15 bits per heavy atom. The standard InChI is InChI=1S/C26H29NO6S/c1-17-22(23(25(28)29)14-20-16-32-26(2,3)33-20)15-24(27(17)19-8-6-5-7-9-19)18-10-12-21(13-11-18)34(4,30)31/h5-13,15,20,23H,14,16H2,1-4H3,(H,28,29). The van der Waals surface area contributed by atoms with Crippen molar-refractivity contribution in [3.05, 3.63) is 71.9 Å². The molecule has 1 aliphatic rings. The van der Waals surface area contributed by atoms with Gasteiger partial charge in [0.2, 0.25) is 0 Å². The first-order valence-electron chi connectivity index (χ1n) is 11.1. The van der Waals surface area contributed by atoms with Crippen LogP contribution in [0.4, 0.5) is 0 Å². The molecule has 1 N–H and O–H groups in total. The summed E-state index contributed by atoms with van der Waals surface area (Å²) in [6.07, 6.45) is 1.13. The average Bonchev–Trinajstić information content (AvgIpc) is 3.30. The molecule has 34 heavy (non-hydrogen) atoms. The van der Waals surface area contributed by atoms with Gasteiger partial charge in [-0.1, -0.05) is 30.3 Å². The van der Waals surface area contributed by atoms with Crippen molar-refractivity contribution in [1.29, 1.82) is 0 Å². The van der Waals surface area contributed by atoms with Gasteiger partial charge >= 0.3 is 5.97 Å². The van der Waals surface area contributed by atoms with Gasteiger partial charge in [-0.25, -0.2) is 8.42 Å². The molecule has 2 unspecified atom stereocenters. The number of benzene rings is 2. The van der Waals surface area contributed by atoms with Crippen molar-refractivity contribution in [2.24, 2.45) is 0 Å². The van der Waals surface area contributed by atoms with E-state index >= 15 is 0 Å². The molecule has 180 valence electrons. The molecule has 0 spiro atoms. The zero-order valence-corrected chi connectivity index (χ0v) is 20.5. The zero-order valence-electron chi connectivity index (χ0n) is 19.7. The topological polar surface area (TPSA) is 94.8 Å². The molecule has 1 saturated heterocycles. The lowest BCUT2D eigenvalue weighted by molar-refractivity contribution is -0.146. The number of aliphatic carboxylic acids is 1. The largest absolute Gasteiger partial charge is 0.481 e. The summed E-state index contributed by atoms with van der Waals surface area (Å²) in [6.45, 7) is 5.88. The van der Waals surface area contributed by atoms with Crippen LogP contribution in [0.2, 0.25) is 0 Å². The molecule has 0 bridgehead atoms. The Hall–Kier alpha value is -2.94. The minimum atomic E-state index is -3.32. The van der Waals surface area contributed by atoms with Crippen LogP contribution in [0.25, 0.3) is 16.9 Å². The van der Waals surface area contributed by atoms with E-state index in [9.17, 15) is 18.3 Å². The summed E-state index contributed by atoms with van der Waals surface area (Å²) >= 11 is 0. The van der Waals surface area contributed by atoms with Crippen LogP contribution in [0.3, 0.4) is 0 Å². The summed E-state index contributed by atoms with van der Waals surface area (Å²) < 4.78 is 37.4. The van der Waals surface area contributed by atoms with E-state index in [-0.39, 0.29) is 17.4 Å². The SMILES string of the molecule is Cc1c(C(CC2COC(C)(C)O2)C(=O)O)cc(-c2ccc(S(C)(=O)=O)cc2)n1-c1ccccc1. The van der Waals surface area contributed by atoms with E-state index in [4.69, 9.17) is 9.47 Å². The fraction of sp³-hybridized carbons (Fsp3) is 0.346. The Balaban J connectivity index is 1.81. The van der Waals surface area contributed by atoms with E-state index in [2.05, 4.69) is 0 Å². The lowest BCUT2D eigenvalue weighted by Crippen LogP contribution is -2.24. The van der Waals surface area contributed by atoms with E-state index in [0.717, 1.165) is 22.6 Å². The lowest BCUT2D eigenvalue weighted by Gasteiger charge is -2.20. The first kappa shape index (κ1) is 24.2. The minimum Gasteiger partial charge on any atom is -0.481 e. The smallest absolute Gasteiger partial charge is 0.311 e. The van der Waals surface area contributed by atoms with Crippen molar-refractivity contribution in [3.8, 4) is 16.9 Å². The molecule has 1 aromatic heterocycles. The normalized spacial score (nSPS) is 18.6. The van der Waals surface area contributed by atoms with Crippen LogP contribution >= 0.6 is 0 Å². The predicted octanol–water partition coefficient (Wildman–Crippen LogP) is 4.57. The van der Waals surface area contributed by atoms with Gasteiger partial charge in [-0.3, -0.25) is 4.79 Å². The van der Waals surface area contributed by atoms with E-state index in [1.165, 1.54) is 6.26 Å². The maximum Gasteiger partial charge on any atom is 0.311 e. The number of ether oxygens (including phenoxy) is 2. The molecule has 8 heteroatoms. The van der Waals surface area contributed by atoms with Gasteiger partial charge in [0.15, 0.2) is 15.6 Å². The van der Waals surface area contributed by atoms with E-state index in [0.29, 0.717) is 12.2 Å². The molecule has 1 aliphatic heterocycles. The fourth-order valence-electron chi connectivity index (χ4n) is 4.48. The number of carboxylic acids is 1. The molecule has 7 nitrogen and oxygen atoms in total. The second kappa shape index (κ2) is 9.02. The van der Waals surface area contributed by atoms with Gasteiger partial charge in [0.25, 0.3) is 0 Å². The summed E-state index contributed by atoms with van der Waals surface area (Å²) in [5.41, 5.74) is 3.95. The minimum absolute atomic E-state index is 0.232. The van der Waals surface area contributed by atoms with Gasteiger partial charge in [-0.05, 0) is 68.7 Å². The Kier molecular flexibility index (Phi) is 6.42. The van der Waals surface area contributed by atoms with E-state index in [1.54, 1.807) is 24.3 Å². The van der Waals surface area contributed by atoms with Crippen molar-refractivity contribution in [3.63, 3.8) is 0 Å². The third kappa shape index (κ3) is 4.94. The van der Waals surface area contributed by atoms with Crippen LogP contribution in [-0.4, -0.2) is 48.8 Å². The van der Waals surface area contributed by atoms with Gasteiger partial charge in [0.05, 0.1) is 29.2 Å². The van der Waals surface area contributed by atoms with Crippen LogP contribution in [0.15, 0.2) is 65.6 Å². The number of carbonyl (C=O) groups is 1. The highest BCUT2D eigenvalue weighted by atomic mass is 32.2. The first-order chi connectivity index (χ1) is 16.0. The highest BCUT2D eigenvalue weighted by molar-refractivity contribution is 7.90. The fourth-order valence-corrected chi connectivity index (χ4v) is 5.11. The summed E-state index contributed by atoms with van der Waals surface area (Å²) in [5, 5.41) is 10.1. The van der Waals surface area contributed by atoms with Crippen molar-refractivity contribution >= 4 is 15.8 Å². The molecule has 0 radical (unpaired) electrons. The number of nitrogens with zero attached hydrogens (tertiary/aromatic N) is 1. The van der Waals surface area contributed by atoms with Gasteiger partial charge in [-0.2, -0.15) is 0 Å². The monoisotopic (exact) mass is 483 g/mol. The molecule has 0 saturated carbocycles. The van der Waals surface area contributed by atoms with Crippen molar-refractivity contribution < 1.29 is 27.8 Å². The number of para-hydroxylation sites is 1. The molecule has 0 amide bonds. The average molecular weight is 484 g/mol. The lowest BCUT2D eigenvalue weighted by atomic mass is 9.93. The highest BCUT2D eigenvalue weighted by Crippen LogP contribution is 2.37. The number of carboxylic acid groups (broad SMARTS) is 1. The molecule has 2 atom stereocenters. The second-order valence-corrected chi connectivity index (χ2v) is 11.1. The molecule has 3 aromatic rings. The van der Waals surface area contributed by atoms with Crippen LogP contribution < -0.4 is 0 Å². The second-order valence-electron chi connectivity index (χ2n) is 9.12. The first-order valence-corrected chi connectivity index (χ1v) is 13.0. The molecule has 2 heterocycles. The molecule has 0 aliphatic carbocycles. The highest BCUT2D eigenvalue weighted by Gasteiger charge is 2.37. The number of hydrogen-bond acceptors (Lipinski definition) is 5. The third-order valence-corrected chi connectivity index (χ3v) is 7.25. The molecular formula is C26H29NO6S. The van der Waals surface area contributed by atoms with Crippen LogP contribution in [-0.2, 0) is 24.1 Å². The third-order valence-electron chi connectivity index (χ3n) is 6.12. The summed E-state index contributed by atoms with van der Waals surface area (Å²) in [4.78, 5) is 12.6. The molecule has 2 aromatic carbocycles. The molecular weight excluding hydrogens is 454 g/mol. The quantitative estimate of drug-likeness (QED) is 0.529. The van der Waals surface area contributed by atoms with Crippen molar-refractivity contribution in [1.82, 2.24) is 4.57 Å². The summed E-state index contributed by atoms with van der Waals surface area (Å²) in [5.74, 6) is -2.45. The maximum absolute atomic E-state index is 12.4. The number of rotatable bonds is 7. The van der Waals surface area contributed by atoms with Crippen molar-refractivity contribution in [2.75, 3.05) is 12.9 Å². The van der Waals surface area contributed by atoms with E-state index in [1.807, 2.05) is 61.7 Å². The van der Waals surface area contributed by atoms with Crippen LogP contribution in [0.1, 0.15) is 37.4 Å².